The first kappa shape index (κ1) is 16.3. The zero-order chi connectivity index (χ0) is 16.1. The molecule has 0 unspecified atom stereocenters. The largest absolute Gasteiger partial charge is 0.309 e. The third kappa shape index (κ3) is 4.21. The van der Waals surface area contributed by atoms with E-state index in [1.54, 1.807) is 11.8 Å². The molecule has 1 aromatic carbocycles. The molecule has 0 aliphatic heterocycles. The molecule has 0 bridgehead atoms. The molecule has 1 amide bonds. The Bertz CT molecular complexity index is 698. The van der Waals surface area contributed by atoms with Gasteiger partial charge in [0.2, 0.25) is 5.91 Å². The lowest BCUT2D eigenvalue weighted by Crippen LogP contribution is -2.38. The number of carbonyl (C=O) groups is 1. The monoisotopic (exact) mass is 317 g/mol. The Kier molecular flexibility index (Phi) is 5.38. The van der Waals surface area contributed by atoms with Crippen LogP contribution in [0.25, 0.3) is 0 Å². The van der Waals surface area contributed by atoms with E-state index in [1.807, 2.05) is 44.2 Å². The number of hydrogen-bond donors (Lipinski definition) is 1. The predicted octanol–water partition coefficient (Wildman–Crippen LogP) is 2.61. The van der Waals surface area contributed by atoms with E-state index >= 15 is 0 Å². The topological polar surface area (TPSA) is 66.1 Å². The lowest BCUT2D eigenvalue weighted by atomic mass is 10.2. The van der Waals surface area contributed by atoms with Crippen molar-refractivity contribution in [2.75, 3.05) is 10.7 Å². The Labute approximate surface area is 133 Å². The Morgan fingerprint density at radius 1 is 1.32 bits per heavy atom. The van der Waals surface area contributed by atoms with E-state index in [2.05, 4.69) is 9.97 Å². The number of benzene rings is 1. The van der Waals surface area contributed by atoms with Crippen LogP contribution in [0.1, 0.15) is 19.5 Å². The van der Waals surface area contributed by atoms with Crippen LogP contribution >= 0.6 is 11.8 Å². The van der Waals surface area contributed by atoms with Gasteiger partial charge in [-0.3, -0.25) is 9.59 Å². The lowest BCUT2D eigenvalue weighted by molar-refractivity contribution is -0.116. The molecule has 0 saturated carbocycles. The van der Waals surface area contributed by atoms with Crippen LogP contribution < -0.4 is 10.5 Å². The summed E-state index contributed by atoms with van der Waals surface area (Å²) in [5, 5.41) is 0.468. The zero-order valence-electron chi connectivity index (χ0n) is 12.9. The fourth-order valence-corrected chi connectivity index (χ4v) is 2.92. The summed E-state index contributed by atoms with van der Waals surface area (Å²) in [6, 6.07) is 11.0. The molecule has 1 heterocycles. The van der Waals surface area contributed by atoms with Gasteiger partial charge in [0.1, 0.15) is 0 Å². The van der Waals surface area contributed by atoms with E-state index in [-0.39, 0.29) is 23.3 Å². The summed E-state index contributed by atoms with van der Waals surface area (Å²) >= 11 is 1.24. The van der Waals surface area contributed by atoms with Gasteiger partial charge in [0.05, 0.1) is 5.75 Å². The number of nitrogens with one attached hydrogen (secondary N) is 1. The quantitative estimate of drug-likeness (QED) is 0.680. The minimum atomic E-state index is -0.203. The number of aromatic nitrogens is 2. The van der Waals surface area contributed by atoms with Gasteiger partial charge < -0.3 is 9.88 Å². The maximum atomic E-state index is 12.5. The second-order valence-corrected chi connectivity index (χ2v) is 6.14. The number of aromatic amines is 1. The van der Waals surface area contributed by atoms with E-state index in [4.69, 9.17) is 0 Å². The summed E-state index contributed by atoms with van der Waals surface area (Å²) in [6.45, 7) is 5.70. The summed E-state index contributed by atoms with van der Waals surface area (Å²) in [5.74, 6) is 0.204. The smallest absolute Gasteiger partial charge is 0.251 e. The minimum Gasteiger partial charge on any atom is -0.309 e. The zero-order valence-corrected chi connectivity index (χ0v) is 13.7. The molecule has 1 N–H and O–H groups in total. The summed E-state index contributed by atoms with van der Waals surface area (Å²) in [5.41, 5.74) is 1.31. The molecule has 2 rings (SSSR count). The molecule has 0 fully saturated rings. The van der Waals surface area contributed by atoms with Gasteiger partial charge in [-0.05, 0) is 32.9 Å². The number of anilines is 1. The van der Waals surface area contributed by atoms with E-state index in [0.29, 0.717) is 10.9 Å². The highest BCUT2D eigenvalue weighted by molar-refractivity contribution is 7.99. The van der Waals surface area contributed by atoms with Crippen molar-refractivity contribution in [2.45, 2.75) is 32.0 Å². The maximum absolute atomic E-state index is 12.5. The van der Waals surface area contributed by atoms with E-state index in [9.17, 15) is 9.59 Å². The second kappa shape index (κ2) is 7.26. The molecule has 6 heteroatoms. The molecule has 1 aromatic heterocycles. The molecule has 5 nitrogen and oxygen atoms in total. The maximum Gasteiger partial charge on any atom is 0.251 e. The fraction of sp³-hybridized carbons (Fsp3) is 0.312. The lowest BCUT2D eigenvalue weighted by Gasteiger charge is -2.26. The number of amides is 1. The number of rotatable bonds is 5. The Morgan fingerprint density at radius 3 is 2.59 bits per heavy atom. The van der Waals surface area contributed by atoms with Crippen molar-refractivity contribution in [3.05, 3.63) is 52.4 Å². The average molecular weight is 317 g/mol. The summed E-state index contributed by atoms with van der Waals surface area (Å²) in [7, 11) is 0. The Morgan fingerprint density at radius 2 is 2.00 bits per heavy atom. The molecule has 0 saturated heterocycles. The van der Waals surface area contributed by atoms with E-state index in [1.165, 1.54) is 17.8 Å². The van der Waals surface area contributed by atoms with Crippen LogP contribution in [0.5, 0.6) is 0 Å². The molecule has 0 spiro atoms. The number of H-pyrrole nitrogens is 1. The molecule has 0 radical (unpaired) electrons. The highest BCUT2D eigenvalue weighted by atomic mass is 32.2. The van der Waals surface area contributed by atoms with Crippen molar-refractivity contribution in [3.63, 3.8) is 0 Å². The van der Waals surface area contributed by atoms with Gasteiger partial charge >= 0.3 is 0 Å². The van der Waals surface area contributed by atoms with Crippen LogP contribution in [0.2, 0.25) is 0 Å². The summed E-state index contributed by atoms with van der Waals surface area (Å²) in [6.07, 6.45) is 0. The fourth-order valence-electron chi connectivity index (χ4n) is 2.14. The summed E-state index contributed by atoms with van der Waals surface area (Å²) in [4.78, 5) is 32.5. The minimum absolute atomic E-state index is 0.0182. The first-order valence-electron chi connectivity index (χ1n) is 7.05. The van der Waals surface area contributed by atoms with Crippen molar-refractivity contribution in [2.24, 2.45) is 0 Å². The molecule has 2 aromatic rings. The van der Waals surface area contributed by atoms with Crippen LogP contribution in [0.4, 0.5) is 5.69 Å². The van der Waals surface area contributed by atoms with Crippen molar-refractivity contribution in [1.29, 1.82) is 0 Å². The molecular weight excluding hydrogens is 298 g/mol. The molecule has 0 atom stereocenters. The van der Waals surface area contributed by atoms with Gasteiger partial charge in [0.15, 0.2) is 5.16 Å². The molecular formula is C16H19N3O2S. The third-order valence-corrected chi connectivity index (χ3v) is 3.86. The van der Waals surface area contributed by atoms with Gasteiger partial charge in [0, 0.05) is 23.5 Å². The van der Waals surface area contributed by atoms with Gasteiger partial charge in [-0.1, -0.05) is 30.0 Å². The normalized spacial score (nSPS) is 10.7. The first-order valence-corrected chi connectivity index (χ1v) is 8.04. The number of para-hydroxylation sites is 1. The highest BCUT2D eigenvalue weighted by Gasteiger charge is 2.19. The SMILES string of the molecule is Cc1cc(=O)[nH]c(SCC(=O)N(c2ccccc2)C(C)C)n1. The van der Waals surface area contributed by atoms with E-state index < -0.39 is 0 Å². The van der Waals surface area contributed by atoms with Crippen LogP contribution in [-0.2, 0) is 4.79 Å². The van der Waals surface area contributed by atoms with Crippen LogP contribution in [0, 0.1) is 6.92 Å². The predicted molar refractivity (Wildman–Crippen MR) is 89.4 cm³/mol. The average Bonchev–Trinajstić information content (AvgIpc) is 2.45. The van der Waals surface area contributed by atoms with Gasteiger partial charge in [-0.15, -0.1) is 0 Å². The van der Waals surface area contributed by atoms with Crippen molar-refractivity contribution in [3.8, 4) is 0 Å². The van der Waals surface area contributed by atoms with Crippen LogP contribution in [0.15, 0.2) is 46.3 Å². The van der Waals surface area contributed by atoms with E-state index in [0.717, 1.165) is 5.69 Å². The van der Waals surface area contributed by atoms with Crippen molar-refractivity contribution in [1.82, 2.24) is 9.97 Å². The molecule has 0 aliphatic carbocycles. The first-order chi connectivity index (χ1) is 10.5. The van der Waals surface area contributed by atoms with Crippen molar-refractivity contribution >= 4 is 23.4 Å². The molecule has 22 heavy (non-hydrogen) atoms. The standard InChI is InChI=1S/C16H19N3O2S/c1-11(2)19(13-7-5-4-6-8-13)15(21)10-22-16-17-12(3)9-14(20)18-16/h4-9,11H,10H2,1-3H3,(H,17,18,20). The number of thioether (sulfide) groups is 1. The van der Waals surface area contributed by atoms with Crippen LogP contribution in [0.3, 0.4) is 0 Å². The number of aryl methyl sites for hydroxylation is 1. The molecule has 0 aliphatic rings. The van der Waals surface area contributed by atoms with Gasteiger partial charge in [-0.2, -0.15) is 0 Å². The third-order valence-electron chi connectivity index (χ3n) is 3.00. The van der Waals surface area contributed by atoms with Crippen molar-refractivity contribution < 1.29 is 4.79 Å². The number of carbonyl (C=O) groups excluding carboxylic acids is 1. The van der Waals surface area contributed by atoms with Gasteiger partial charge in [0.25, 0.3) is 5.56 Å². The summed E-state index contributed by atoms with van der Waals surface area (Å²) < 4.78 is 0. The Hall–Kier alpha value is -2.08. The number of nitrogens with zero attached hydrogens (tertiary/aromatic N) is 2. The van der Waals surface area contributed by atoms with Gasteiger partial charge in [-0.25, -0.2) is 4.98 Å². The Balaban J connectivity index is 2.10. The van der Waals surface area contributed by atoms with Crippen LogP contribution in [-0.4, -0.2) is 27.7 Å². The molecule has 116 valence electrons. The number of hydrogen-bond acceptors (Lipinski definition) is 4. The second-order valence-electron chi connectivity index (χ2n) is 5.17. The highest BCUT2D eigenvalue weighted by Crippen LogP contribution is 2.19.